The first-order chi connectivity index (χ1) is 9.66. The summed E-state index contributed by atoms with van der Waals surface area (Å²) in [6, 6.07) is 9.80. The van der Waals surface area contributed by atoms with E-state index in [4.69, 9.17) is 9.84 Å². The van der Waals surface area contributed by atoms with E-state index in [1.807, 2.05) is 30.3 Å². The third-order valence-electron chi connectivity index (χ3n) is 3.97. The number of hydrogen-bond acceptors (Lipinski definition) is 3. The third-order valence-corrected chi connectivity index (χ3v) is 3.97. The molecule has 3 rings (SSSR count). The van der Waals surface area contributed by atoms with Crippen molar-refractivity contribution in [3.8, 4) is 0 Å². The van der Waals surface area contributed by atoms with Crippen LogP contribution in [-0.2, 0) is 14.3 Å². The van der Waals surface area contributed by atoms with Crippen LogP contribution in [0.25, 0.3) is 0 Å². The molecule has 1 amide bonds. The number of aliphatic carboxylic acids is 1. The van der Waals surface area contributed by atoms with Crippen LogP contribution in [0.4, 0.5) is 0 Å². The number of benzene rings is 1. The average Bonchev–Trinajstić information content (AvgIpc) is 3.28. The Labute approximate surface area is 117 Å². The van der Waals surface area contributed by atoms with Gasteiger partial charge in [-0.1, -0.05) is 30.3 Å². The van der Waals surface area contributed by atoms with E-state index in [0.717, 1.165) is 5.56 Å². The molecule has 1 saturated carbocycles. The van der Waals surface area contributed by atoms with Crippen LogP contribution in [0.5, 0.6) is 0 Å². The summed E-state index contributed by atoms with van der Waals surface area (Å²) in [4.78, 5) is 24.9. The quantitative estimate of drug-likeness (QED) is 0.903. The number of carboxylic acids is 1. The van der Waals surface area contributed by atoms with Crippen molar-refractivity contribution >= 4 is 11.9 Å². The van der Waals surface area contributed by atoms with E-state index >= 15 is 0 Å². The lowest BCUT2D eigenvalue weighted by Gasteiger charge is -2.33. The molecule has 0 bridgehead atoms. The molecule has 1 N–H and O–H groups in total. The Bertz CT molecular complexity index is 516. The molecule has 1 heterocycles. The van der Waals surface area contributed by atoms with Gasteiger partial charge in [0.1, 0.15) is 6.10 Å². The lowest BCUT2D eigenvalue weighted by Crippen LogP contribution is -2.43. The van der Waals surface area contributed by atoms with Gasteiger partial charge in [-0.25, -0.2) is 0 Å². The smallest absolute Gasteiger partial charge is 0.307 e. The Morgan fingerprint density at radius 1 is 1.20 bits per heavy atom. The van der Waals surface area contributed by atoms with Crippen molar-refractivity contribution in [3.63, 3.8) is 0 Å². The molecule has 5 nitrogen and oxygen atoms in total. The Hall–Kier alpha value is -1.88. The van der Waals surface area contributed by atoms with Gasteiger partial charge >= 0.3 is 5.97 Å². The number of hydrogen-bond donors (Lipinski definition) is 1. The van der Waals surface area contributed by atoms with Crippen molar-refractivity contribution in [1.29, 1.82) is 0 Å². The molecule has 1 saturated heterocycles. The molecule has 0 radical (unpaired) electrons. The zero-order valence-electron chi connectivity index (χ0n) is 11.1. The fourth-order valence-electron chi connectivity index (χ4n) is 2.69. The minimum atomic E-state index is -0.865. The van der Waals surface area contributed by atoms with Crippen molar-refractivity contribution in [3.05, 3.63) is 35.9 Å². The Kier molecular flexibility index (Phi) is 3.44. The number of nitrogens with zero attached hydrogens (tertiary/aromatic N) is 1. The van der Waals surface area contributed by atoms with Gasteiger partial charge in [0.05, 0.1) is 25.0 Å². The zero-order valence-corrected chi connectivity index (χ0v) is 11.1. The highest BCUT2D eigenvalue weighted by Gasteiger charge is 2.50. The number of carbonyl (C=O) groups is 2. The predicted octanol–water partition coefficient (Wildman–Crippen LogP) is 1.31. The Balaban J connectivity index is 1.64. The molecule has 1 aromatic rings. The maximum Gasteiger partial charge on any atom is 0.307 e. The number of carboxylic acid groups (broad SMARTS) is 1. The van der Waals surface area contributed by atoms with Gasteiger partial charge in [0.15, 0.2) is 0 Å². The molecule has 1 aliphatic heterocycles. The SMILES string of the molecule is O=C(O)C1CC1C(=O)N1CCOC(c2ccccc2)C1. The standard InChI is InChI=1S/C15H17NO4/c17-14(11-8-12(11)15(18)19)16-6-7-20-13(9-16)10-4-2-1-3-5-10/h1-5,11-13H,6-9H2,(H,18,19). The zero-order chi connectivity index (χ0) is 14.1. The lowest BCUT2D eigenvalue weighted by molar-refractivity contribution is -0.145. The van der Waals surface area contributed by atoms with E-state index in [1.54, 1.807) is 4.90 Å². The highest BCUT2D eigenvalue weighted by Crippen LogP contribution is 2.40. The lowest BCUT2D eigenvalue weighted by atomic mass is 10.1. The van der Waals surface area contributed by atoms with Crippen molar-refractivity contribution in [2.24, 2.45) is 11.8 Å². The molecule has 5 heteroatoms. The van der Waals surface area contributed by atoms with E-state index in [0.29, 0.717) is 26.1 Å². The fourth-order valence-corrected chi connectivity index (χ4v) is 2.69. The summed E-state index contributed by atoms with van der Waals surface area (Å²) < 4.78 is 5.71. The molecule has 106 valence electrons. The molecule has 2 fully saturated rings. The fraction of sp³-hybridized carbons (Fsp3) is 0.467. The first-order valence-corrected chi connectivity index (χ1v) is 6.85. The van der Waals surface area contributed by atoms with Gasteiger partial charge in [-0.3, -0.25) is 9.59 Å². The van der Waals surface area contributed by atoms with Gasteiger partial charge in [0, 0.05) is 6.54 Å². The summed E-state index contributed by atoms with van der Waals surface area (Å²) >= 11 is 0. The van der Waals surface area contributed by atoms with Crippen LogP contribution in [0.1, 0.15) is 18.1 Å². The van der Waals surface area contributed by atoms with Crippen LogP contribution >= 0.6 is 0 Å². The van der Waals surface area contributed by atoms with Crippen molar-refractivity contribution in [1.82, 2.24) is 4.90 Å². The number of morpholine rings is 1. The summed E-state index contributed by atoms with van der Waals surface area (Å²) in [5.41, 5.74) is 1.05. The molecule has 0 spiro atoms. The second-order valence-electron chi connectivity index (χ2n) is 5.34. The number of carbonyl (C=O) groups excluding carboxylic acids is 1. The van der Waals surface area contributed by atoms with E-state index in [2.05, 4.69) is 0 Å². The highest BCUT2D eigenvalue weighted by molar-refractivity contribution is 5.89. The minimum Gasteiger partial charge on any atom is -0.481 e. The molecule has 3 unspecified atom stereocenters. The molecule has 0 aromatic heterocycles. The monoisotopic (exact) mass is 275 g/mol. The predicted molar refractivity (Wildman–Crippen MR) is 70.9 cm³/mol. The summed E-state index contributed by atoms with van der Waals surface area (Å²) in [6.45, 7) is 1.55. The molecule has 20 heavy (non-hydrogen) atoms. The molecule has 3 atom stereocenters. The van der Waals surface area contributed by atoms with Gasteiger partial charge in [-0.2, -0.15) is 0 Å². The minimum absolute atomic E-state index is 0.0402. The first kappa shape index (κ1) is 13.1. The van der Waals surface area contributed by atoms with Gasteiger partial charge in [0.25, 0.3) is 0 Å². The summed E-state index contributed by atoms with van der Waals surface area (Å²) in [7, 11) is 0. The largest absolute Gasteiger partial charge is 0.481 e. The maximum absolute atomic E-state index is 12.3. The number of ether oxygens (including phenoxy) is 1. The first-order valence-electron chi connectivity index (χ1n) is 6.85. The molecule has 2 aliphatic rings. The third kappa shape index (κ3) is 2.54. The molecule has 1 aromatic carbocycles. The molecule has 1 aliphatic carbocycles. The highest BCUT2D eigenvalue weighted by atomic mass is 16.5. The van der Waals surface area contributed by atoms with E-state index in [-0.39, 0.29) is 17.9 Å². The summed E-state index contributed by atoms with van der Waals surface area (Å²) in [5, 5.41) is 8.91. The topological polar surface area (TPSA) is 66.8 Å². The molecular formula is C15H17NO4. The second-order valence-corrected chi connectivity index (χ2v) is 5.34. The van der Waals surface area contributed by atoms with Crippen molar-refractivity contribution < 1.29 is 19.4 Å². The normalized spacial score (nSPS) is 29.0. The average molecular weight is 275 g/mol. The van der Waals surface area contributed by atoms with Crippen LogP contribution in [-0.4, -0.2) is 41.6 Å². The number of rotatable bonds is 3. The summed E-state index contributed by atoms with van der Waals surface area (Å²) in [6.07, 6.45) is 0.359. The van der Waals surface area contributed by atoms with Crippen LogP contribution in [0, 0.1) is 11.8 Å². The second kappa shape index (κ2) is 5.25. The van der Waals surface area contributed by atoms with Gasteiger partial charge < -0.3 is 14.7 Å². The summed E-state index contributed by atoms with van der Waals surface area (Å²) in [5.74, 6) is -1.72. The Morgan fingerprint density at radius 2 is 1.95 bits per heavy atom. The van der Waals surface area contributed by atoms with Gasteiger partial charge in [-0.05, 0) is 12.0 Å². The maximum atomic E-state index is 12.3. The van der Waals surface area contributed by atoms with Gasteiger partial charge in [-0.15, -0.1) is 0 Å². The van der Waals surface area contributed by atoms with Crippen LogP contribution in [0.15, 0.2) is 30.3 Å². The number of amides is 1. The van der Waals surface area contributed by atoms with Crippen LogP contribution in [0.3, 0.4) is 0 Å². The van der Waals surface area contributed by atoms with E-state index in [1.165, 1.54) is 0 Å². The van der Waals surface area contributed by atoms with Crippen LogP contribution in [0.2, 0.25) is 0 Å². The van der Waals surface area contributed by atoms with Crippen molar-refractivity contribution in [2.75, 3.05) is 19.7 Å². The van der Waals surface area contributed by atoms with Crippen LogP contribution < -0.4 is 0 Å². The molecular weight excluding hydrogens is 258 g/mol. The Morgan fingerprint density at radius 3 is 2.60 bits per heavy atom. The van der Waals surface area contributed by atoms with Crippen molar-refractivity contribution in [2.45, 2.75) is 12.5 Å². The van der Waals surface area contributed by atoms with E-state index in [9.17, 15) is 9.59 Å². The van der Waals surface area contributed by atoms with E-state index < -0.39 is 11.9 Å². The van der Waals surface area contributed by atoms with Gasteiger partial charge in [0.2, 0.25) is 5.91 Å².